The third kappa shape index (κ3) is 5.78. The number of nitrogens with one attached hydrogen (secondary N) is 1. The molecule has 0 aromatic heterocycles. The predicted octanol–water partition coefficient (Wildman–Crippen LogP) is 0.0275. The number of amides is 2. The minimum absolute atomic E-state index is 0.0510. The Morgan fingerprint density at radius 2 is 1.96 bits per heavy atom. The highest BCUT2D eigenvalue weighted by Gasteiger charge is 2.36. The SMILES string of the molecule is C[C@H](NC(=O)CC(N)C(=O)OCc1ccccc1)C(=O)N1CCC[C@H]1C(=O)O. The molecule has 4 N–H and O–H groups in total. The van der Waals surface area contributed by atoms with Crippen molar-refractivity contribution in [3.05, 3.63) is 35.9 Å². The number of benzene rings is 1. The molecule has 3 atom stereocenters. The van der Waals surface area contributed by atoms with Crippen LogP contribution in [0.5, 0.6) is 0 Å². The van der Waals surface area contributed by atoms with Gasteiger partial charge in [-0.25, -0.2) is 4.79 Å². The molecule has 9 nitrogen and oxygen atoms in total. The highest BCUT2D eigenvalue weighted by atomic mass is 16.5. The number of carbonyl (C=O) groups is 4. The molecular formula is C19H25N3O6. The van der Waals surface area contributed by atoms with Crippen molar-refractivity contribution in [2.75, 3.05) is 6.54 Å². The van der Waals surface area contributed by atoms with Crippen molar-refractivity contribution in [1.29, 1.82) is 0 Å². The number of carbonyl (C=O) groups excluding carboxylic acids is 3. The lowest BCUT2D eigenvalue weighted by molar-refractivity contribution is -0.150. The van der Waals surface area contributed by atoms with Crippen LogP contribution in [-0.4, -0.2) is 58.4 Å². The highest BCUT2D eigenvalue weighted by molar-refractivity contribution is 5.92. The van der Waals surface area contributed by atoms with Crippen molar-refractivity contribution >= 4 is 23.8 Å². The van der Waals surface area contributed by atoms with Gasteiger partial charge in [-0.2, -0.15) is 0 Å². The van der Waals surface area contributed by atoms with Crippen molar-refractivity contribution in [2.24, 2.45) is 5.73 Å². The van der Waals surface area contributed by atoms with Gasteiger partial charge in [0, 0.05) is 6.54 Å². The fourth-order valence-corrected chi connectivity index (χ4v) is 3.02. The average molecular weight is 391 g/mol. The van der Waals surface area contributed by atoms with Gasteiger partial charge in [0.05, 0.1) is 6.42 Å². The Labute approximate surface area is 162 Å². The summed E-state index contributed by atoms with van der Waals surface area (Å²) in [6.07, 6.45) is 0.648. The topological polar surface area (TPSA) is 139 Å². The van der Waals surface area contributed by atoms with E-state index in [0.29, 0.717) is 19.4 Å². The Hall–Kier alpha value is -2.94. The van der Waals surface area contributed by atoms with E-state index < -0.39 is 41.9 Å². The first kappa shape index (κ1) is 21.4. The van der Waals surface area contributed by atoms with Gasteiger partial charge in [0.15, 0.2) is 0 Å². The molecule has 0 radical (unpaired) electrons. The van der Waals surface area contributed by atoms with Crippen LogP contribution in [0.4, 0.5) is 0 Å². The van der Waals surface area contributed by atoms with E-state index in [1.54, 1.807) is 12.1 Å². The Bertz CT molecular complexity index is 724. The molecule has 2 amide bonds. The molecule has 1 aromatic carbocycles. The maximum absolute atomic E-state index is 12.4. The quantitative estimate of drug-likeness (QED) is 0.531. The van der Waals surface area contributed by atoms with Crippen LogP contribution < -0.4 is 11.1 Å². The summed E-state index contributed by atoms with van der Waals surface area (Å²) in [7, 11) is 0. The van der Waals surface area contributed by atoms with Crippen molar-refractivity contribution in [1.82, 2.24) is 10.2 Å². The first-order valence-corrected chi connectivity index (χ1v) is 9.08. The summed E-state index contributed by atoms with van der Waals surface area (Å²) in [4.78, 5) is 48.9. The maximum atomic E-state index is 12.4. The number of aliphatic carboxylic acids is 1. The molecule has 0 bridgehead atoms. The van der Waals surface area contributed by atoms with E-state index in [-0.39, 0.29) is 13.0 Å². The molecular weight excluding hydrogens is 366 g/mol. The number of rotatable bonds is 8. The molecule has 1 heterocycles. The van der Waals surface area contributed by atoms with E-state index in [1.165, 1.54) is 11.8 Å². The predicted molar refractivity (Wildman–Crippen MR) is 98.8 cm³/mol. The molecule has 0 saturated carbocycles. The zero-order valence-electron chi connectivity index (χ0n) is 15.7. The van der Waals surface area contributed by atoms with E-state index in [4.69, 9.17) is 15.6 Å². The van der Waals surface area contributed by atoms with E-state index in [0.717, 1.165) is 5.56 Å². The molecule has 1 aliphatic heterocycles. The second-order valence-corrected chi connectivity index (χ2v) is 6.72. The molecule has 1 fully saturated rings. The molecule has 1 unspecified atom stereocenters. The second kappa shape index (κ2) is 9.84. The Kier molecular flexibility index (Phi) is 7.51. The number of ether oxygens (including phenoxy) is 1. The van der Waals surface area contributed by atoms with Crippen LogP contribution in [0.2, 0.25) is 0 Å². The van der Waals surface area contributed by atoms with Crippen molar-refractivity contribution in [2.45, 2.75) is 50.9 Å². The second-order valence-electron chi connectivity index (χ2n) is 6.72. The standard InChI is InChI=1S/C19H25N3O6/c1-12(17(24)22-9-5-8-15(22)18(25)26)21-16(23)10-14(20)19(27)28-11-13-6-3-2-4-7-13/h2-4,6-7,12,14-15H,5,8-11,20H2,1H3,(H,21,23)(H,25,26)/t12-,14?,15-/m0/s1. The highest BCUT2D eigenvalue weighted by Crippen LogP contribution is 2.18. The van der Waals surface area contributed by atoms with Crippen molar-refractivity contribution in [3.8, 4) is 0 Å². The third-order valence-electron chi connectivity index (χ3n) is 4.50. The minimum atomic E-state index is -1.16. The Balaban J connectivity index is 1.79. The lowest BCUT2D eigenvalue weighted by atomic mass is 10.2. The van der Waals surface area contributed by atoms with Gasteiger partial charge < -0.3 is 25.8 Å². The van der Waals surface area contributed by atoms with Crippen molar-refractivity contribution < 1.29 is 29.0 Å². The van der Waals surface area contributed by atoms with Crippen LogP contribution in [0.25, 0.3) is 0 Å². The van der Waals surface area contributed by atoms with Gasteiger partial charge in [0.2, 0.25) is 11.8 Å². The Morgan fingerprint density at radius 1 is 1.29 bits per heavy atom. The van der Waals surface area contributed by atoms with Gasteiger partial charge >= 0.3 is 11.9 Å². The molecule has 1 aromatic rings. The van der Waals surface area contributed by atoms with Crippen LogP contribution in [0.1, 0.15) is 31.7 Å². The van der Waals surface area contributed by atoms with Gasteiger partial charge in [-0.15, -0.1) is 0 Å². The van der Waals surface area contributed by atoms with Crippen LogP contribution >= 0.6 is 0 Å². The molecule has 2 rings (SSSR count). The number of carboxylic acids is 1. The zero-order valence-corrected chi connectivity index (χ0v) is 15.7. The van der Waals surface area contributed by atoms with Gasteiger partial charge in [-0.05, 0) is 25.3 Å². The number of hydrogen-bond acceptors (Lipinski definition) is 6. The van der Waals surface area contributed by atoms with E-state index >= 15 is 0 Å². The molecule has 0 aliphatic carbocycles. The summed E-state index contributed by atoms with van der Waals surface area (Å²) in [5.74, 6) is -2.84. The average Bonchev–Trinajstić information content (AvgIpc) is 3.16. The van der Waals surface area contributed by atoms with E-state index in [2.05, 4.69) is 5.32 Å². The number of hydrogen-bond donors (Lipinski definition) is 3. The van der Waals surface area contributed by atoms with Crippen LogP contribution in [0.15, 0.2) is 30.3 Å². The Morgan fingerprint density at radius 3 is 2.61 bits per heavy atom. The number of nitrogens with two attached hydrogens (primary N) is 1. The van der Waals surface area contributed by atoms with Gasteiger partial charge in [0.1, 0.15) is 24.7 Å². The monoisotopic (exact) mass is 391 g/mol. The molecule has 1 saturated heterocycles. The normalized spacial score (nSPS) is 18.2. The van der Waals surface area contributed by atoms with Crippen LogP contribution in [0, 0.1) is 0 Å². The summed E-state index contributed by atoms with van der Waals surface area (Å²) >= 11 is 0. The molecule has 1 aliphatic rings. The van der Waals surface area contributed by atoms with Gasteiger partial charge in [0.25, 0.3) is 0 Å². The lowest BCUT2D eigenvalue weighted by Gasteiger charge is -2.25. The van der Waals surface area contributed by atoms with Gasteiger partial charge in [-0.3, -0.25) is 14.4 Å². The summed E-state index contributed by atoms with van der Waals surface area (Å²) in [5.41, 5.74) is 6.51. The molecule has 9 heteroatoms. The number of likely N-dealkylation sites (tertiary alicyclic amines) is 1. The smallest absolute Gasteiger partial charge is 0.326 e. The summed E-state index contributed by atoms with van der Waals surface area (Å²) < 4.78 is 5.08. The number of esters is 1. The minimum Gasteiger partial charge on any atom is -0.480 e. The van der Waals surface area contributed by atoms with E-state index in [9.17, 15) is 19.2 Å². The zero-order chi connectivity index (χ0) is 20.7. The number of nitrogens with zero attached hydrogens (tertiary/aromatic N) is 1. The summed E-state index contributed by atoms with van der Waals surface area (Å²) in [5, 5.41) is 11.6. The lowest BCUT2D eigenvalue weighted by Crippen LogP contribution is -2.51. The fourth-order valence-electron chi connectivity index (χ4n) is 3.02. The first-order chi connectivity index (χ1) is 13.3. The first-order valence-electron chi connectivity index (χ1n) is 9.08. The van der Waals surface area contributed by atoms with Gasteiger partial charge in [-0.1, -0.05) is 30.3 Å². The molecule has 28 heavy (non-hydrogen) atoms. The number of carboxylic acid groups (broad SMARTS) is 1. The molecule has 0 spiro atoms. The largest absolute Gasteiger partial charge is 0.480 e. The summed E-state index contributed by atoms with van der Waals surface area (Å²) in [6, 6.07) is 6.09. The van der Waals surface area contributed by atoms with E-state index in [1.807, 2.05) is 18.2 Å². The molecule has 152 valence electrons. The van der Waals surface area contributed by atoms with Crippen molar-refractivity contribution in [3.63, 3.8) is 0 Å². The summed E-state index contributed by atoms with van der Waals surface area (Å²) in [6.45, 7) is 1.85. The van der Waals surface area contributed by atoms with Crippen LogP contribution in [0.3, 0.4) is 0 Å². The maximum Gasteiger partial charge on any atom is 0.326 e. The van der Waals surface area contributed by atoms with Crippen LogP contribution in [-0.2, 0) is 30.5 Å². The fraction of sp³-hybridized carbons (Fsp3) is 0.474. The third-order valence-corrected chi connectivity index (χ3v) is 4.50.